The number of hydrogen-bond donors (Lipinski definition) is 2. The second kappa shape index (κ2) is 7.89. The van der Waals surface area contributed by atoms with Crippen molar-refractivity contribution in [2.75, 3.05) is 35.7 Å². The van der Waals surface area contributed by atoms with Crippen LogP contribution in [0.2, 0.25) is 5.02 Å². The van der Waals surface area contributed by atoms with Gasteiger partial charge in [0.25, 0.3) is 0 Å². The van der Waals surface area contributed by atoms with Crippen LogP contribution >= 0.6 is 23.4 Å². The van der Waals surface area contributed by atoms with Gasteiger partial charge in [0.1, 0.15) is 11.6 Å². The largest absolute Gasteiger partial charge is 0.394 e. The second-order valence-electron chi connectivity index (χ2n) is 8.31. The number of aliphatic hydroxyl groups excluding tert-OH is 1. The van der Waals surface area contributed by atoms with Crippen LogP contribution in [0.5, 0.6) is 0 Å². The predicted octanol–water partition coefficient (Wildman–Crippen LogP) is 2.74. The van der Waals surface area contributed by atoms with E-state index in [0.29, 0.717) is 10.9 Å². The lowest BCUT2D eigenvalue weighted by atomic mass is 9.77. The number of nitrogens with zero attached hydrogens (tertiary/aromatic N) is 5. The summed E-state index contributed by atoms with van der Waals surface area (Å²) in [5.41, 5.74) is 0.997. The molecule has 9 heteroatoms. The molecule has 2 aromatic heterocycles. The number of nitrogens with one attached hydrogen (secondary N) is 1. The summed E-state index contributed by atoms with van der Waals surface area (Å²) in [5, 5.41) is 14.1. The lowest BCUT2D eigenvalue weighted by Crippen LogP contribution is -2.48. The maximum atomic E-state index is 9.88. The number of piperidine rings is 1. The molecule has 3 aliphatic rings. The van der Waals surface area contributed by atoms with Gasteiger partial charge in [0.2, 0.25) is 5.95 Å². The van der Waals surface area contributed by atoms with E-state index in [0.717, 1.165) is 86.7 Å². The van der Waals surface area contributed by atoms with Gasteiger partial charge >= 0.3 is 0 Å². The molecule has 0 aromatic carbocycles. The van der Waals surface area contributed by atoms with E-state index in [9.17, 15) is 5.11 Å². The van der Waals surface area contributed by atoms with E-state index < -0.39 is 0 Å². The van der Waals surface area contributed by atoms with Gasteiger partial charge in [-0.3, -0.25) is 0 Å². The number of aryl methyl sites for hydroxylation is 1. The SMILES string of the molecule is OCC1(Nc2nc(N3CCC(c4ncc(Cl)cn4)CC3)nc3c2[SH2]CC3)CCC1. The number of fused-ring (bicyclic) bond motifs is 1. The van der Waals surface area contributed by atoms with Crippen LogP contribution in [0, 0.1) is 0 Å². The molecule has 4 heterocycles. The molecule has 1 saturated carbocycles. The number of rotatable bonds is 5. The van der Waals surface area contributed by atoms with Crippen LogP contribution in [0.1, 0.15) is 49.5 Å². The van der Waals surface area contributed by atoms with Gasteiger partial charge in [-0.2, -0.15) is 4.98 Å². The van der Waals surface area contributed by atoms with Gasteiger partial charge in [0.05, 0.1) is 22.9 Å². The van der Waals surface area contributed by atoms with Crippen LogP contribution < -0.4 is 10.2 Å². The molecule has 0 radical (unpaired) electrons. The summed E-state index contributed by atoms with van der Waals surface area (Å²) < 4.78 is 0. The van der Waals surface area contributed by atoms with Crippen molar-refractivity contribution >= 4 is 35.1 Å². The van der Waals surface area contributed by atoms with Crippen molar-refractivity contribution in [2.45, 2.75) is 54.9 Å². The van der Waals surface area contributed by atoms with E-state index >= 15 is 0 Å². The van der Waals surface area contributed by atoms with E-state index in [4.69, 9.17) is 21.6 Å². The zero-order valence-electron chi connectivity index (χ0n) is 16.4. The number of aliphatic hydroxyl groups is 1. The molecular weight excluding hydrogens is 408 g/mol. The van der Waals surface area contributed by atoms with Gasteiger partial charge < -0.3 is 15.3 Å². The third-order valence-electron chi connectivity index (χ3n) is 6.42. The molecular formula is C20H27ClN6OS. The lowest BCUT2D eigenvalue weighted by Gasteiger charge is -2.42. The first-order chi connectivity index (χ1) is 14.2. The normalized spacial score (nSPS) is 22.3. The molecule has 156 valence electrons. The first-order valence-corrected chi connectivity index (χ1v) is 12.0. The highest BCUT2D eigenvalue weighted by atomic mass is 35.5. The van der Waals surface area contributed by atoms with Crippen LogP contribution in [-0.4, -0.2) is 56.0 Å². The smallest absolute Gasteiger partial charge is 0.227 e. The Bertz CT molecular complexity index is 878. The van der Waals surface area contributed by atoms with Crippen molar-refractivity contribution < 1.29 is 5.11 Å². The van der Waals surface area contributed by atoms with Gasteiger partial charge in [0.15, 0.2) is 0 Å². The Kier molecular flexibility index (Phi) is 5.26. The van der Waals surface area contributed by atoms with Crippen LogP contribution in [0.15, 0.2) is 17.3 Å². The number of hydrogen-bond acceptors (Lipinski definition) is 7. The first-order valence-electron chi connectivity index (χ1n) is 10.4. The second-order valence-corrected chi connectivity index (χ2v) is 10.1. The van der Waals surface area contributed by atoms with E-state index in [1.807, 2.05) is 0 Å². The fourth-order valence-electron chi connectivity index (χ4n) is 4.45. The third kappa shape index (κ3) is 3.78. The molecule has 0 unspecified atom stereocenters. The van der Waals surface area contributed by atoms with E-state index in [2.05, 4.69) is 20.2 Å². The van der Waals surface area contributed by atoms with Crippen molar-refractivity contribution in [1.82, 2.24) is 19.9 Å². The molecule has 2 fully saturated rings. The molecule has 0 amide bonds. The minimum Gasteiger partial charge on any atom is -0.394 e. The molecule has 5 rings (SSSR count). The highest BCUT2D eigenvalue weighted by Gasteiger charge is 2.38. The van der Waals surface area contributed by atoms with Gasteiger partial charge in [-0.05, 0) is 44.3 Å². The lowest BCUT2D eigenvalue weighted by molar-refractivity contribution is 0.143. The Morgan fingerprint density at radius 3 is 2.62 bits per heavy atom. The highest BCUT2D eigenvalue weighted by molar-refractivity contribution is 7.99. The Labute approximate surface area is 179 Å². The number of anilines is 2. The van der Waals surface area contributed by atoms with Gasteiger partial charge in [0, 0.05) is 36.3 Å². The minimum absolute atomic E-state index is 0.163. The zero-order chi connectivity index (χ0) is 19.8. The van der Waals surface area contributed by atoms with Gasteiger partial charge in [-0.15, -0.1) is 0 Å². The van der Waals surface area contributed by atoms with Crippen molar-refractivity contribution in [1.29, 1.82) is 0 Å². The topological polar surface area (TPSA) is 87.1 Å². The average molecular weight is 435 g/mol. The van der Waals surface area contributed by atoms with E-state index in [1.165, 1.54) is 10.6 Å². The fraction of sp³-hybridized carbons (Fsp3) is 0.600. The molecule has 7 nitrogen and oxygen atoms in total. The molecule has 0 atom stereocenters. The molecule has 2 aliphatic heterocycles. The third-order valence-corrected chi connectivity index (χ3v) is 7.99. The average Bonchev–Trinajstić information content (AvgIpc) is 3.20. The predicted molar refractivity (Wildman–Crippen MR) is 118 cm³/mol. The molecule has 1 aliphatic carbocycles. The van der Waals surface area contributed by atoms with Crippen LogP contribution in [-0.2, 0) is 6.42 Å². The Morgan fingerprint density at radius 2 is 1.97 bits per heavy atom. The summed E-state index contributed by atoms with van der Waals surface area (Å²) in [6.07, 6.45) is 9.52. The molecule has 2 N–H and O–H groups in total. The Hall–Kier alpha value is -1.64. The number of halogens is 1. The van der Waals surface area contributed by atoms with Crippen molar-refractivity contribution in [3.05, 3.63) is 28.9 Å². The quantitative estimate of drug-likeness (QED) is 0.748. The number of aromatic nitrogens is 4. The summed E-state index contributed by atoms with van der Waals surface area (Å²) in [4.78, 5) is 22.2. The molecule has 29 heavy (non-hydrogen) atoms. The van der Waals surface area contributed by atoms with Crippen molar-refractivity contribution in [3.63, 3.8) is 0 Å². The minimum atomic E-state index is -0.189. The standard InChI is InChI=1S/C20H27ClN6OS/c21-14-10-22-17(23-11-14)13-2-7-27(8-3-13)19-24-15-4-9-29-16(15)18(25-19)26-20(12-28)5-1-6-20/h10-11,13,28H,1-9,12,29H2,(H,24,25,26). The van der Waals surface area contributed by atoms with Crippen molar-refractivity contribution in [3.8, 4) is 0 Å². The summed E-state index contributed by atoms with van der Waals surface area (Å²) >= 11 is 6.67. The summed E-state index contributed by atoms with van der Waals surface area (Å²) in [5.74, 6) is 4.16. The summed E-state index contributed by atoms with van der Waals surface area (Å²) in [7, 11) is 0. The van der Waals surface area contributed by atoms with Crippen LogP contribution in [0.3, 0.4) is 0 Å². The maximum Gasteiger partial charge on any atom is 0.227 e. The summed E-state index contributed by atoms with van der Waals surface area (Å²) in [6.45, 7) is 1.95. The van der Waals surface area contributed by atoms with E-state index in [-0.39, 0.29) is 12.1 Å². The summed E-state index contributed by atoms with van der Waals surface area (Å²) in [6, 6.07) is 0. The Balaban J connectivity index is 1.34. The molecule has 0 spiro atoms. The first kappa shape index (κ1) is 19.3. The van der Waals surface area contributed by atoms with Gasteiger partial charge in [-0.25, -0.2) is 26.7 Å². The van der Waals surface area contributed by atoms with Crippen LogP contribution in [0.4, 0.5) is 11.8 Å². The maximum absolute atomic E-state index is 9.88. The monoisotopic (exact) mass is 434 g/mol. The van der Waals surface area contributed by atoms with Crippen molar-refractivity contribution in [2.24, 2.45) is 0 Å². The fourth-order valence-corrected chi connectivity index (χ4v) is 5.83. The molecule has 0 bridgehead atoms. The zero-order valence-corrected chi connectivity index (χ0v) is 18.1. The molecule has 2 aromatic rings. The Morgan fingerprint density at radius 1 is 1.21 bits per heavy atom. The van der Waals surface area contributed by atoms with E-state index in [1.54, 1.807) is 12.4 Å². The van der Waals surface area contributed by atoms with Crippen LogP contribution in [0.25, 0.3) is 0 Å². The molecule has 1 saturated heterocycles. The highest BCUT2D eigenvalue weighted by Crippen LogP contribution is 2.41. The van der Waals surface area contributed by atoms with Gasteiger partial charge in [-0.1, -0.05) is 11.6 Å².